The predicted octanol–water partition coefficient (Wildman–Crippen LogP) is 3.45. The van der Waals surface area contributed by atoms with E-state index in [1.54, 1.807) is 11.0 Å². The van der Waals surface area contributed by atoms with Crippen molar-refractivity contribution >= 4 is 51.6 Å². The molecule has 0 bridgehead atoms. The maximum absolute atomic E-state index is 12.7. The summed E-state index contributed by atoms with van der Waals surface area (Å²) in [5.74, 6) is -0.188. The summed E-state index contributed by atoms with van der Waals surface area (Å²) < 4.78 is 5.54. The highest BCUT2D eigenvalue weighted by molar-refractivity contribution is 8.14. The Kier molecular flexibility index (Phi) is 6.72. The number of nitrogens with zero attached hydrogens (tertiary/aromatic N) is 2. The van der Waals surface area contributed by atoms with Gasteiger partial charge in [-0.25, -0.2) is 4.79 Å². The van der Waals surface area contributed by atoms with Crippen molar-refractivity contribution in [2.24, 2.45) is 0 Å². The molecule has 0 radical (unpaired) electrons. The summed E-state index contributed by atoms with van der Waals surface area (Å²) in [6.45, 7) is 3.19. The first-order valence-corrected chi connectivity index (χ1v) is 12.8. The zero-order chi connectivity index (χ0) is 24.4. The number of carbonyl (C=O) groups excluding carboxylic acids is 3. The van der Waals surface area contributed by atoms with Crippen molar-refractivity contribution in [3.63, 3.8) is 0 Å². The zero-order valence-electron chi connectivity index (χ0n) is 19.4. The number of hydrogen-bond acceptors (Lipinski definition) is 8. The van der Waals surface area contributed by atoms with Gasteiger partial charge in [-0.2, -0.15) is 0 Å². The quantitative estimate of drug-likeness (QED) is 0.395. The molecule has 5 rings (SSSR count). The lowest BCUT2D eigenvalue weighted by Crippen LogP contribution is -2.27. The highest BCUT2D eigenvalue weighted by Crippen LogP contribution is 2.36. The third-order valence-electron chi connectivity index (χ3n) is 6.54. The van der Waals surface area contributed by atoms with E-state index in [9.17, 15) is 14.4 Å². The second kappa shape index (κ2) is 10.1. The van der Waals surface area contributed by atoms with E-state index < -0.39 is 0 Å². The van der Waals surface area contributed by atoms with Crippen LogP contribution in [0, 0.1) is 0 Å². The van der Waals surface area contributed by atoms with Gasteiger partial charge in [0.25, 0.3) is 5.91 Å². The number of carbonyl (C=O) groups is 3. The fraction of sp³-hybridized carbons (Fsp3) is 0.400. The molecule has 0 spiro atoms. The Morgan fingerprint density at radius 2 is 1.94 bits per heavy atom. The molecule has 35 heavy (non-hydrogen) atoms. The molecule has 2 amide bonds. The minimum Gasteiger partial charge on any atom is -0.444 e. The van der Waals surface area contributed by atoms with E-state index in [1.807, 2.05) is 30.3 Å². The number of anilines is 4. The molecular formula is C25H29N5O4S. The number of cyclic esters (lactones) is 1. The number of ether oxygens (including phenoxy) is 1. The number of nitrogen functional groups attached to an aromatic ring is 1. The first kappa shape index (κ1) is 23.3. The molecule has 0 aromatic heterocycles. The first-order valence-electron chi connectivity index (χ1n) is 12.0. The molecule has 4 N–H and O–H groups in total. The number of fused-ring (bicyclic) bond motifs is 1. The van der Waals surface area contributed by atoms with Crippen molar-refractivity contribution < 1.29 is 19.1 Å². The Labute approximate surface area is 208 Å². The van der Waals surface area contributed by atoms with Gasteiger partial charge in [0.2, 0.25) is 5.12 Å². The van der Waals surface area contributed by atoms with Gasteiger partial charge >= 0.3 is 6.09 Å². The number of thioether (sulfide) groups is 1. The normalized spacial score (nSPS) is 19.4. The smallest absolute Gasteiger partial charge is 0.414 e. The molecule has 0 unspecified atom stereocenters. The summed E-state index contributed by atoms with van der Waals surface area (Å²) in [7, 11) is 0. The fourth-order valence-electron chi connectivity index (χ4n) is 4.66. The van der Waals surface area contributed by atoms with E-state index in [4.69, 9.17) is 10.5 Å². The molecule has 2 saturated heterocycles. The van der Waals surface area contributed by atoms with Gasteiger partial charge in [-0.1, -0.05) is 0 Å². The Bertz CT molecular complexity index is 1150. The lowest BCUT2D eigenvalue weighted by Gasteiger charge is -2.20. The van der Waals surface area contributed by atoms with Crippen LogP contribution in [0.3, 0.4) is 0 Å². The standard InChI is InChI=1S/C25H29N5O4S/c26-20-7-5-16(29-10-1-2-11-29)12-19(20)24(32)27-9-3-4-18-15-30(25(33)34-18)17-6-8-22-21(13-17)28-14-23(31)35-22/h5-8,12-13,18,28H,1-4,9-11,14-15,26H2,(H,27,32)/t18-/m0/s1. The first-order chi connectivity index (χ1) is 17.0. The molecule has 3 aliphatic heterocycles. The van der Waals surface area contributed by atoms with Crippen LogP contribution in [0.15, 0.2) is 41.3 Å². The van der Waals surface area contributed by atoms with E-state index in [0.717, 1.165) is 35.0 Å². The van der Waals surface area contributed by atoms with Crippen LogP contribution in [-0.4, -0.2) is 55.9 Å². The molecule has 2 aromatic rings. The summed E-state index contributed by atoms with van der Waals surface area (Å²) >= 11 is 1.21. The highest BCUT2D eigenvalue weighted by atomic mass is 32.2. The minimum atomic E-state index is -0.384. The van der Waals surface area contributed by atoms with Crippen LogP contribution < -0.4 is 26.2 Å². The van der Waals surface area contributed by atoms with E-state index in [-0.39, 0.29) is 29.8 Å². The van der Waals surface area contributed by atoms with Crippen molar-refractivity contribution in [3.8, 4) is 0 Å². The Hall–Kier alpha value is -3.40. The second-order valence-corrected chi connectivity index (χ2v) is 10.1. The summed E-state index contributed by atoms with van der Waals surface area (Å²) in [4.78, 5) is 41.5. The summed E-state index contributed by atoms with van der Waals surface area (Å²) in [5.41, 5.74) is 9.64. The molecule has 2 aromatic carbocycles. The van der Waals surface area contributed by atoms with Gasteiger partial charge < -0.3 is 26.0 Å². The zero-order valence-corrected chi connectivity index (χ0v) is 20.2. The molecule has 0 saturated carbocycles. The van der Waals surface area contributed by atoms with Gasteiger partial charge in [0.1, 0.15) is 6.10 Å². The lowest BCUT2D eigenvalue weighted by molar-refractivity contribution is -0.109. The van der Waals surface area contributed by atoms with Crippen LogP contribution >= 0.6 is 11.8 Å². The number of nitrogens with two attached hydrogens (primary N) is 1. The average molecular weight is 496 g/mol. The molecule has 9 nitrogen and oxygen atoms in total. The van der Waals surface area contributed by atoms with Crippen LogP contribution in [-0.2, 0) is 9.53 Å². The van der Waals surface area contributed by atoms with Crippen LogP contribution in [0.4, 0.5) is 27.5 Å². The van der Waals surface area contributed by atoms with E-state index in [2.05, 4.69) is 15.5 Å². The molecule has 2 fully saturated rings. The van der Waals surface area contributed by atoms with Gasteiger partial charge in [0.05, 0.1) is 24.3 Å². The predicted molar refractivity (Wildman–Crippen MR) is 137 cm³/mol. The summed E-state index contributed by atoms with van der Waals surface area (Å²) in [6.07, 6.45) is 3.01. The van der Waals surface area contributed by atoms with Crippen molar-refractivity contribution in [3.05, 3.63) is 42.0 Å². The molecule has 0 aliphatic carbocycles. The number of rotatable bonds is 7. The van der Waals surface area contributed by atoms with Crippen LogP contribution in [0.25, 0.3) is 0 Å². The Balaban J connectivity index is 1.11. The largest absolute Gasteiger partial charge is 0.444 e. The van der Waals surface area contributed by atoms with Gasteiger partial charge in [0, 0.05) is 41.6 Å². The van der Waals surface area contributed by atoms with Gasteiger partial charge in [-0.3, -0.25) is 14.5 Å². The molecule has 10 heteroatoms. The van der Waals surface area contributed by atoms with Crippen LogP contribution in [0.5, 0.6) is 0 Å². The molecule has 3 heterocycles. The van der Waals surface area contributed by atoms with Crippen molar-refractivity contribution in [2.45, 2.75) is 36.7 Å². The molecule has 1 atom stereocenters. The number of hydrogen-bond donors (Lipinski definition) is 3. The van der Waals surface area contributed by atoms with Gasteiger partial charge in [-0.05, 0) is 73.8 Å². The number of benzene rings is 2. The van der Waals surface area contributed by atoms with E-state index >= 15 is 0 Å². The van der Waals surface area contributed by atoms with Crippen molar-refractivity contribution in [1.29, 1.82) is 0 Å². The highest BCUT2D eigenvalue weighted by Gasteiger charge is 2.32. The van der Waals surface area contributed by atoms with E-state index in [0.29, 0.717) is 37.2 Å². The molecule has 3 aliphatic rings. The maximum atomic E-state index is 12.7. The van der Waals surface area contributed by atoms with Crippen molar-refractivity contribution in [1.82, 2.24) is 5.32 Å². The third kappa shape index (κ3) is 5.17. The fourth-order valence-corrected chi connectivity index (χ4v) is 5.43. The average Bonchev–Trinajstić information content (AvgIpc) is 3.52. The number of nitrogens with one attached hydrogen (secondary N) is 2. The van der Waals surface area contributed by atoms with Gasteiger partial charge in [0.15, 0.2) is 0 Å². The summed E-state index contributed by atoms with van der Waals surface area (Å²) in [6, 6.07) is 11.2. The SMILES string of the molecule is Nc1ccc(N2CCCC2)cc1C(=O)NCCC[C@H]1CN(c2ccc3c(c2)NCC(=O)S3)C(=O)O1. The topological polar surface area (TPSA) is 117 Å². The number of amides is 2. The van der Waals surface area contributed by atoms with E-state index in [1.165, 1.54) is 24.6 Å². The Morgan fingerprint density at radius 3 is 2.77 bits per heavy atom. The summed E-state index contributed by atoms with van der Waals surface area (Å²) in [5, 5.41) is 6.10. The minimum absolute atomic E-state index is 0.0694. The maximum Gasteiger partial charge on any atom is 0.414 e. The van der Waals surface area contributed by atoms with Crippen LogP contribution in [0.1, 0.15) is 36.0 Å². The molecule has 184 valence electrons. The third-order valence-corrected chi connectivity index (χ3v) is 7.48. The monoisotopic (exact) mass is 495 g/mol. The van der Waals surface area contributed by atoms with Gasteiger partial charge in [-0.15, -0.1) is 0 Å². The Morgan fingerprint density at radius 1 is 1.14 bits per heavy atom. The lowest BCUT2D eigenvalue weighted by atomic mass is 10.1. The van der Waals surface area contributed by atoms with Crippen LogP contribution in [0.2, 0.25) is 0 Å². The van der Waals surface area contributed by atoms with Crippen molar-refractivity contribution in [2.75, 3.05) is 53.6 Å². The second-order valence-electron chi connectivity index (χ2n) is 8.99. The molecular weight excluding hydrogens is 466 g/mol.